The Labute approximate surface area is 111 Å². The van der Waals surface area contributed by atoms with Gasteiger partial charge in [0.2, 0.25) is 0 Å². The number of aryl methyl sites for hydroxylation is 2. The van der Waals surface area contributed by atoms with Crippen LogP contribution in [-0.2, 0) is 6.54 Å². The van der Waals surface area contributed by atoms with Crippen molar-refractivity contribution in [1.29, 1.82) is 5.26 Å². The summed E-state index contributed by atoms with van der Waals surface area (Å²) in [5.74, 6) is 0. The first-order chi connectivity index (χ1) is 8.60. The van der Waals surface area contributed by atoms with E-state index in [-0.39, 0.29) is 0 Å². The number of anilines is 1. The maximum atomic E-state index is 8.80. The molecule has 4 heteroatoms. The van der Waals surface area contributed by atoms with E-state index >= 15 is 0 Å². The monoisotopic (exact) mass is 257 g/mol. The van der Waals surface area contributed by atoms with Crippen molar-refractivity contribution in [2.75, 3.05) is 11.9 Å². The molecule has 3 nitrogen and oxygen atoms in total. The first-order valence-corrected chi connectivity index (χ1v) is 6.55. The van der Waals surface area contributed by atoms with Crippen LogP contribution >= 0.6 is 11.3 Å². The van der Waals surface area contributed by atoms with E-state index in [1.54, 1.807) is 6.20 Å². The Morgan fingerprint density at radius 2 is 2.17 bits per heavy atom. The van der Waals surface area contributed by atoms with E-state index in [9.17, 15) is 0 Å². The Hall–Kier alpha value is -1.86. The van der Waals surface area contributed by atoms with E-state index in [1.807, 2.05) is 7.05 Å². The number of benzene rings is 1. The molecule has 0 spiro atoms. The van der Waals surface area contributed by atoms with Crippen LogP contribution in [0.15, 0.2) is 24.4 Å². The Morgan fingerprint density at radius 3 is 2.78 bits per heavy atom. The fraction of sp³-hybridized carbons (Fsp3) is 0.286. The van der Waals surface area contributed by atoms with Crippen LogP contribution in [0, 0.1) is 25.2 Å². The predicted octanol–water partition coefficient (Wildman–Crippen LogP) is 3.27. The summed E-state index contributed by atoms with van der Waals surface area (Å²) in [4.78, 5) is 6.98. The molecule has 0 saturated carbocycles. The van der Waals surface area contributed by atoms with Gasteiger partial charge in [0.25, 0.3) is 0 Å². The summed E-state index contributed by atoms with van der Waals surface area (Å²) >= 11 is 1.42. The first kappa shape index (κ1) is 12.6. The van der Waals surface area contributed by atoms with Gasteiger partial charge in [-0.3, -0.25) is 0 Å². The molecule has 2 aromatic rings. The summed E-state index contributed by atoms with van der Waals surface area (Å²) in [6, 6.07) is 8.58. The molecule has 0 aliphatic rings. The van der Waals surface area contributed by atoms with E-state index in [4.69, 9.17) is 5.26 Å². The van der Waals surface area contributed by atoms with Crippen molar-refractivity contribution in [1.82, 2.24) is 4.98 Å². The third-order valence-corrected chi connectivity index (χ3v) is 3.85. The molecular formula is C14H15N3S. The van der Waals surface area contributed by atoms with Crippen LogP contribution in [0.2, 0.25) is 0 Å². The molecular weight excluding hydrogens is 242 g/mol. The molecule has 0 saturated heterocycles. The van der Waals surface area contributed by atoms with Gasteiger partial charge in [-0.2, -0.15) is 5.26 Å². The van der Waals surface area contributed by atoms with Gasteiger partial charge in [0, 0.05) is 13.6 Å². The van der Waals surface area contributed by atoms with E-state index < -0.39 is 0 Å². The summed E-state index contributed by atoms with van der Waals surface area (Å²) in [6.07, 6.45) is 1.62. The van der Waals surface area contributed by atoms with Gasteiger partial charge in [0.15, 0.2) is 5.13 Å². The number of hydrogen-bond acceptors (Lipinski definition) is 4. The molecule has 1 aromatic heterocycles. The number of aromatic nitrogens is 1. The van der Waals surface area contributed by atoms with Gasteiger partial charge < -0.3 is 4.90 Å². The van der Waals surface area contributed by atoms with Crippen molar-refractivity contribution < 1.29 is 0 Å². The van der Waals surface area contributed by atoms with Crippen LogP contribution < -0.4 is 4.90 Å². The molecule has 92 valence electrons. The highest BCUT2D eigenvalue weighted by Crippen LogP contribution is 2.23. The number of rotatable bonds is 3. The van der Waals surface area contributed by atoms with Crippen molar-refractivity contribution in [3.05, 3.63) is 46.0 Å². The molecule has 0 unspecified atom stereocenters. The van der Waals surface area contributed by atoms with Crippen LogP contribution in [-0.4, -0.2) is 12.0 Å². The number of nitrogens with zero attached hydrogens (tertiary/aromatic N) is 3. The minimum atomic E-state index is 0.650. The van der Waals surface area contributed by atoms with Gasteiger partial charge in [-0.1, -0.05) is 35.1 Å². The quantitative estimate of drug-likeness (QED) is 0.847. The molecule has 0 bridgehead atoms. The minimum absolute atomic E-state index is 0.650. The smallest absolute Gasteiger partial charge is 0.186 e. The highest BCUT2D eigenvalue weighted by molar-refractivity contribution is 7.16. The van der Waals surface area contributed by atoms with Crippen LogP contribution in [0.1, 0.15) is 21.6 Å². The molecule has 1 aromatic carbocycles. The van der Waals surface area contributed by atoms with E-state index in [1.165, 1.54) is 28.0 Å². The van der Waals surface area contributed by atoms with Crippen molar-refractivity contribution in [2.24, 2.45) is 0 Å². The van der Waals surface area contributed by atoms with Crippen LogP contribution in [0.5, 0.6) is 0 Å². The van der Waals surface area contributed by atoms with Gasteiger partial charge in [-0.25, -0.2) is 4.98 Å². The Balaban J connectivity index is 2.16. The Bertz CT molecular complexity index is 595. The fourth-order valence-corrected chi connectivity index (χ4v) is 2.51. The van der Waals surface area contributed by atoms with Crippen molar-refractivity contribution >= 4 is 16.5 Å². The SMILES string of the molecule is Cc1ccc(CN(C)c2ncc(C#N)s2)c(C)c1. The molecule has 18 heavy (non-hydrogen) atoms. The minimum Gasteiger partial charge on any atom is -0.347 e. The lowest BCUT2D eigenvalue weighted by Crippen LogP contribution is -2.16. The molecule has 0 aliphatic heterocycles. The molecule has 0 fully saturated rings. The third kappa shape index (κ3) is 2.69. The van der Waals surface area contributed by atoms with Gasteiger partial charge in [-0.15, -0.1) is 0 Å². The molecule has 0 amide bonds. The summed E-state index contributed by atoms with van der Waals surface area (Å²) in [6.45, 7) is 5.03. The van der Waals surface area contributed by atoms with E-state index in [0.717, 1.165) is 11.7 Å². The van der Waals surface area contributed by atoms with Crippen molar-refractivity contribution in [3.8, 4) is 6.07 Å². The van der Waals surface area contributed by atoms with Crippen LogP contribution in [0.25, 0.3) is 0 Å². The lowest BCUT2D eigenvalue weighted by molar-refractivity contribution is 0.905. The zero-order valence-corrected chi connectivity index (χ0v) is 11.6. The second kappa shape index (κ2) is 5.19. The third-order valence-electron chi connectivity index (χ3n) is 2.84. The van der Waals surface area contributed by atoms with Crippen molar-refractivity contribution in [3.63, 3.8) is 0 Å². The molecule has 1 heterocycles. The lowest BCUT2D eigenvalue weighted by atomic mass is 10.1. The van der Waals surface area contributed by atoms with E-state index in [0.29, 0.717) is 4.88 Å². The number of nitriles is 1. The predicted molar refractivity (Wildman–Crippen MR) is 74.9 cm³/mol. The average molecular weight is 257 g/mol. The molecule has 0 atom stereocenters. The Kier molecular flexibility index (Phi) is 3.63. The summed E-state index contributed by atoms with van der Waals surface area (Å²) in [7, 11) is 2.00. The van der Waals surface area contributed by atoms with Crippen LogP contribution in [0.4, 0.5) is 5.13 Å². The van der Waals surface area contributed by atoms with Gasteiger partial charge in [0.1, 0.15) is 10.9 Å². The average Bonchev–Trinajstić information content (AvgIpc) is 2.81. The fourth-order valence-electron chi connectivity index (χ4n) is 1.84. The van der Waals surface area contributed by atoms with E-state index in [2.05, 4.69) is 48.0 Å². The number of hydrogen-bond donors (Lipinski definition) is 0. The maximum absolute atomic E-state index is 8.80. The van der Waals surface area contributed by atoms with Gasteiger partial charge >= 0.3 is 0 Å². The summed E-state index contributed by atoms with van der Waals surface area (Å²) in [5.41, 5.74) is 3.86. The van der Waals surface area contributed by atoms with Gasteiger partial charge in [-0.05, 0) is 25.0 Å². The van der Waals surface area contributed by atoms with Crippen molar-refractivity contribution in [2.45, 2.75) is 20.4 Å². The first-order valence-electron chi connectivity index (χ1n) is 5.73. The second-order valence-corrected chi connectivity index (χ2v) is 5.41. The highest BCUT2D eigenvalue weighted by Gasteiger charge is 2.08. The molecule has 0 N–H and O–H groups in total. The molecule has 0 aliphatic carbocycles. The van der Waals surface area contributed by atoms with Crippen LogP contribution in [0.3, 0.4) is 0 Å². The Morgan fingerprint density at radius 1 is 1.39 bits per heavy atom. The molecule has 2 rings (SSSR count). The summed E-state index contributed by atoms with van der Waals surface area (Å²) < 4.78 is 0. The van der Waals surface area contributed by atoms with Gasteiger partial charge in [0.05, 0.1) is 6.20 Å². The summed E-state index contributed by atoms with van der Waals surface area (Å²) in [5, 5.41) is 9.68. The molecule has 0 radical (unpaired) electrons. The topological polar surface area (TPSA) is 39.9 Å². The zero-order chi connectivity index (χ0) is 13.1. The normalized spacial score (nSPS) is 10.1. The second-order valence-electron chi connectivity index (χ2n) is 4.40. The largest absolute Gasteiger partial charge is 0.347 e. The lowest BCUT2D eigenvalue weighted by Gasteiger charge is -2.17. The highest BCUT2D eigenvalue weighted by atomic mass is 32.1. The number of thiazole rings is 1. The standard InChI is InChI=1S/C14H15N3S/c1-10-4-5-12(11(2)6-10)9-17(3)14-16-8-13(7-15)18-14/h4-6,8H,9H2,1-3H3. The zero-order valence-electron chi connectivity index (χ0n) is 10.8. The maximum Gasteiger partial charge on any atom is 0.186 e.